The maximum absolute atomic E-state index is 12.0. The van der Waals surface area contributed by atoms with Crippen molar-refractivity contribution in [3.8, 4) is 5.75 Å². The molecule has 1 aromatic carbocycles. The number of nitrogens with two attached hydrogens (primary N) is 1. The number of nitrogens with one attached hydrogen (secondary N) is 1. The van der Waals surface area contributed by atoms with Crippen LogP contribution in [0.1, 0.15) is 44.1 Å². The average Bonchev–Trinajstić information content (AvgIpc) is 2.94. The Morgan fingerprint density at radius 1 is 1.33 bits per heavy atom. The van der Waals surface area contributed by atoms with E-state index in [0.717, 1.165) is 43.4 Å². The molecule has 1 saturated carbocycles. The Bertz CT molecular complexity index is 468. The predicted molar refractivity (Wildman–Crippen MR) is 84.3 cm³/mol. The highest BCUT2D eigenvalue weighted by molar-refractivity contribution is 5.76. The molecule has 1 fully saturated rings. The van der Waals surface area contributed by atoms with Crippen LogP contribution in [0.5, 0.6) is 5.75 Å². The van der Waals surface area contributed by atoms with Crippen LogP contribution in [-0.4, -0.2) is 24.6 Å². The number of hydrogen-bond donors (Lipinski definition) is 2. The third kappa shape index (κ3) is 4.46. The molecule has 3 N–H and O–H groups in total. The molecule has 0 atom stereocenters. The number of rotatable bonds is 7. The Morgan fingerprint density at radius 3 is 2.71 bits per heavy atom. The lowest BCUT2D eigenvalue weighted by Gasteiger charge is -2.28. The molecule has 4 heteroatoms. The van der Waals surface area contributed by atoms with Crippen LogP contribution in [0.2, 0.25) is 0 Å². The third-order valence-corrected chi connectivity index (χ3v) is 4.26. The van der Waals surface area contributed by atoms with E-state index in [-0.39, 0.29) is 11.4 Å². The monoisotopic (exact) mass is 290 g/mol. The van der Waals surface area contributed by atoms with Gasteiger partial charge >= 0.3 is 0 Å². The van der Waals surface area contributed by atoms with Gasteiger partial charge in [0.05, 0.1) is 12.1 Å². The van der Waals surface area contributed by atoms with Crippen LogP contribution in [0.25, 0.3) is 0 Å². The SMILES string of the molecule is Cc1ccccc1OCCCC(=O)NC1(CN)CCCC1. The summed E-state index contributed by atoms with van der Waals surface area (Å²) < 4.78 is 5.70. The fourth-order valence-electron chi connectivity index (χ4n) is 2.92. The first kappa shape index (κ1) is 15.8. The molecule has 116 valence electrons. The Balaban J connectivity index is 1.69. The summed E-state index contributed by atoms with van der Waals surface area (Å²) >= 11 is 0. The van der Waals surface area contributed by atoms with Gasteiger partial charge in [-0.25, -0.2) is 0 Å². The maximum atomic E-state index is 12.0. The van der Waals surface area contributed by atoms with Crippen LogP contribution in [-0.2, 0) is 4.79 Å². The van der Waals surface area contributed by atoms with Crippen LogP contribution in [0.15, 0.2) is 24.3 Å². The summed E-state index contributed by atoms with van der Waals surface area (Å²) in [5.74, 6) is 0.989. The number of hydrogen-bond acceptors (Lipinski definition) is 3. The Labute approximate surface area is 127 Å². The van der Waals surface area contributed by atoms with Gasteiger partial charge in [0.15, 0.2) is 0 Å². The van der Waals surface area contributed by atoms with Crippen LogP contribution >= 0.6 is 0 Å². The van der Waals surface area contributed by atoms with Gasteiger partial charge in [-0.2, -0.15) is 0 Å². The molecule has 0 bridgehead atoms. The van der Waals surface area contributed by atoms with Crippen molar-refractivity contribution in [2.24, 2.45) is 5.73 Å². The molecule has 1 aromatic rings. The van der Waals surface area contributed by atoms with Crippen molar-refractivity contribution in [2.45, 2.75) is 51.0 Å². The highest BCUT2D eigenvalue weighted by atomic mass is 16.5. The van der Waals surface area contributed by atoms with Crippen LogP contribution in [0, 0.1) is 6.92 Å². The lowest BCUT2D eigenvalue weighted by molar-refractivity contribution is -0.123. The topological polar surface area (TPSA) is 64.3 Å². The second kappa shape index (κ2) is 7.46. The number of para-hydroxylation sites is 1. The van der Waals surface area contributed by atoms with Crippen LogP contribution in [0.3, 0.4) is 0 Å². The molecule has 0 aliphatic heterocycles. The van der Waals surface area contributed by atoms with Crippen molar-refractivity contribution in [1.82, 2.24) is 5.32 Å². The summed E-state index contributed by atoms with van der Waals surface area (Å²) in [4.78, 5) is 12.0. The Hall–Kier alpha value is -1.55. The summed E-state index contributed by atoms with van der Waals surface area (Å²) in [6.07, 6.45) is 5.56. The van der Waals surface area contributed by atoms with Gasteiger partial charge in [-0.1, -0.05) is 31.0 Å². The first-order valence-corrected chi connectivity index (χ1v) is 7.85. The van der Waals surface area contributed by atoms with Gasteiger partial charge in [0, 0.05) is 13.0 Å². The summed E-state index contributed by atoms with van der Waals surface area (Å²) in [5, 5.41) is 3.13. The zero-order valence-electron chi connectivity index (χ0n) is 12.9. The lowest BCUT2D eigenvalue weighted by Crippen LogP contribution is -2.51. The molecular formula is C17H26N2O2. The van der Waals surface area contributed by atoms with Crippen LogP contribution < -0.4 is 15.8 Å². The standard InChI is InChI=1S/C17H26N2O2/c1-14-7-2-3-8-15(14)21-12-6-9-16(20)19-17(13-18)10-4-5-11-17/h2-3,7-8H,4-6,9-13,18H2,1H3,(H,19,20). The van der Waals surface area contributed by atoms with E-state index in [9.17, 15) is 4.79 Å². The van der Waals surface area contributed by atoms with Gasteiger partial charge in [0.25, 0.3) is 0 Å². The zero-order valence-corrected chi connectivity index (χ0v) is 12.9. The van der Waals surface area contributed by atoms with Gasteiger partial charge in [-0.15, -0.1) is 0 Å². The van der Waals surface area contributed by atoms with E-state index >= 15 is 0 Å². The molecule has 0 saturated heterocycles. The minimum atomic E-state index is -0.145. The molecule has 0 heterocycles. The van der Waals surface area contributed by atoms with Crippen molar-refractivity contribution in [3.63, 3.8) is 0 Å². The van der Waals surface area contributed by atoms with Gasteiger partial charge in [0.2, 0.25) is 5.91 Å². The molecule has 1 amide bonds. The molecular weight excluding hydrogens is 264 g/mol. The summed E-state index contributed by atoms with van der Waals surface area (Å²) in [6.45, 7) is 3.12. The fourth-order valence-corrected chi connectivity index (χ4v) is 2.92. The van der Waals surface area contributed by atoms with Crippen molar-refractivity contribution in [3.05, 3.63) is 29.8 Å². The molecule has 1 aliphatic rings. The highest BCUT2D eigenvalue weighted by Crippen LogP contribution is 2.28. The van der Waals surface area contributed by atoms with Gasteiger partial charge in [0.1, 0.15) is 5.75 Å². The molecule has 4 nitrogen and oxygen atoms in total. The van der Waals surface area contributed by atoms with E-state index in [2.05, 4.69) is 5.32 Å². The van der Waals surface area contributed by atoms with Gasteiger partial charge in [-0.05, 0) is 37.8 Å². The van der Waals surface area contributed by atoms with Crippen molar-refractivity contribution >= 4 is 5.91 Å². The van der Waals surface area contributed by atoms with Crippen molar-refractivity contribution < 1.29 is 9.53 Å². The first-order chi connectivity index (χ1) is 10.2. The van der Waals surface area contributed by atoms with E-state index in [1.165, 1.54) is 0 Å². The molecule has 0 radical (unpaired) electrons. The fraction of sp³-hybridized carbons (Fsp3) is 0.588. The quantitative estimate of drug-likeness (QED) is 0.759. The van der Waals surface area contributed by atoms with E-state index in [1.807, 2.05) is 31.2 Å². The van der Waals surface area contributed by atoms with E-state index < -0.39 is 0 Å². The molecule has 0 spiro atoms. The normalized spacial score (nSPS) is 16.7. The minimum Gasteiger partial charge on any atom is -0.493 e. The second-order valence-electron chi connectivity index (χ2n) is 5.96. The minimum absolute atomic E-state index is 0.0933. The maximum Gasteiger partial charge on any atom is 0.220 e. The van der Waals surface area contributed by atoms with E-state index in [1.54, 1.807) is 0 Å². The van der Waals surface area contributed by atoms with Gasteiger partial charge in [-0.3, -0.25) is 4.79 Å². The number of carbonyl (C=O) groups is 1. The molecule has 0 aromatic heterocycles. The first-order valence-electron chi connectivity index (χ1n) is 7.85. The second-order valence-corrected chi connectivity index (χ2v) is 5.96. The summed E-state index contributed by atoms with van der Waals surface area (Å²) in [7, 11) is 0. The lowest BCUT2D eigenvalue weighted by atomic mass is 9.97. The van der Waals surface area contributed by atoms with E-state index in [0.29, 0.717) is 19.6 Å². The predicted octanol–water partition coefficient (Wildman–Crippen LogP) is 2.54. The van der Waals surface area contributed by atoms with E-state index in [4.69, 9.17) is 10.5 Å². The molecule has 2 rings (SSSR count). The van der Waals surface area contributed by atoms with Crippen LogP contribution in [0.4, 0.5) is 0 Å². The number of ether oxygens (including phenoxy) is 1. The van der Waals surface area contributed by atoms with Crippen molar-refractivity contribution in [1.29, 1.82) is 0 Å². The highest BCUT2D eigenvalue weighted by Gasteiger charge is 2.33. The molecule has 21 heavy (non-hydrogen) atoms. The Kier molecular flexibility index (Phi) is 5.62. The zero-order chi connectivity index (χ0) is 15.1. The molecule has 1 aliphatic carbocycles. The number of benzene rings is 1. The Morgan fingerprint density at radius 2 is 2.05 bits per heavy atom. The number of aryl methyl sites for hydroxylation is 1. The van der Waals surface area contributed by atoms with Crippen molar-refractivity contribution in [2.75, 3.05) is 13.2 Å². The summed E-state index contributed by atoms with van der Waals surface area (Å²) in [5.41, 5.74) is 6.80. The number of amides is 1. The molecule has 0 unspecified atom stereocenters. The number of carbonyl (C=O) groups excluding carboxylic acids is 1. The average molecular weight is 290 g/mol. The largest absolute Gasteiger partial charge is 0.493 e. The van der Waals surface area contributed by atoms with Gasteiger partial charge < -0.3 is 15.8 Å². The third-order valence-electron chi connectivity index (χ3n) is 4.26. The summed E-state index contributed by atoms with van der Waals surface area (Å²) in [6, 6.07) is 7.92. The smallest absolute Gasteiger partial charge is 0.220 e.